The van der Waals surface area contributed by atoms with Crippen molar-refractivity contribution in [1.29, 1.82) is 0 Å². The Hall–Kier alpha value is -3.92. The van der Waals surface area contributed by atoms with Crippen LogP contribution in [0.15, 0.2) is 97.1 Å². The summed E-state index contributed by atoms with van der Waals surface area (Å²) >= 11 is 0. The van der Waals surface area contributed by atoms with Gasteiger partial charge < -0.3 is 20.9 Å². The predicted molar refractivity (Wildman–Crippen MR) is 157 cm³/mol. The first-order chi connectivity index (χ1) is 18.3. The molecule has 0 spiro atoms. The molecule has 0 aromatic heterocycles. The van der Waals surface area contributed by atoms with E-state index in [9.17, 15) is 0 Å². The zero-order valence-electron chi connectivity index (χ0n) is 22.6. The van der Waals surface area contributed by atoms with E-state index in [1.807, 2.05) is 48.5 Å². The molecule has 0 amide bonds. The molecule has 3 unspecified atom stereocenters. The zero-order valence-corrected chi connectivity index (χ0v) is 22.6. The van der Waals surface area contributed by atoms with Gasteiger partial charge in [-0.25, -0.2) is 0 Å². The van der Waals surface area contributed by atoms with Crippen molar-refractivity contribution in [2.45, 2.75) is 51.4 Å². The number of nitrogen functional groups attached to an aromatic ring is 2. The lowest BCUT2D eigenvalue weighted by atomic mass is 9.58. The van der Waals surface area contributed by atoms with Gasteiger partial charge in [0.05, 0.1) is 0 Å². The van der Waals surface area contributed by atoms with Gasteiger partial charge in [0.1, 0.15) is 23.0 Å². The predicted octanol–water partition coefficient (Wildman–Crippen LogP) is 8.93. The second-order valence-electron chi connectivity index (χ2n) is 11.2. The molecule has 0 saturated heterocycles. The fraction of sp³-hybridized carbons (Fsp3) is 0.294. The average Bonchev–Trinajstić information content (AvgIpc) is 2.92. The highest BCUT2D eigenvalue weighted by atomic mass is 16.5. The maximum Gasteiger partial charge on any atom is 0.127 e. The van der Waals surface area contributed by atoms with E-state index in [4.69, 9.17) is 20.9 Å². The van der Waals surface area contributed by atoms with Crippen LogP contribution in [-0.4, -0.2) is 0 Å². The number of hydrogen-bond donors (Lipinski definition) is 2. The number of rotatable bonds is 7. The first-order valence-electron chi connectivity index (χ1n) is 13.6. The number of benzene rings is 4. The minimum absolute atomic E-state index is 0.0322. The molecule has 1 fully saturated rings. The fourth-order valence-electron chi connectivity index (χ4n) is 5.81. The van der Waals surface area contributed by atoms with Crippen LogP contribution >= 0.6 is 0 Å². The van der Waals surface area contributed by atoms with E-state index < -0.39 is 0 Å². The van der Waals surface area contributed by atoms with Crippen LogP contribution < -0.4 is 20.9 Å². The first-order valence-corrected chi connectivity index (χ1v) is 13.6. The number of ether oxygens (including phenoxy) is 2. The molecule has 1 aliphatic carbocycles. The Morgan fingerprint density at radius 3 is 1.53 bits per heavy atom. The van der Waals surface area contributed by atoms with Gasteiger partial charge in [-0.05, 0) is 126 Å². The molecule has 0 aliphatic heterocycles. The number of nitrogens with two attached hydrogens (primary N) is 2. The van der Waals surface area contributed by atoms with Crippen LogP contribution in [0.2, 0.25) is 0 Å². The van der Waals surface area contributed by atoms with Crippen LogP contribution in [0.5, 0.6) is 23.0 Å². The maximum absolute atomic E-state index is 6.06. The summed E-state index contributed by atoms with van der Waals surface area (Å²) in [4.78, 5) is 0. The molecule has 196 valence electrons. The van der Waals surface area contributed by atoms with Crippen molar-refractivity contribution in [2.24, 2.45) is 11.8 Å². The maximum atomic E-state index is 6.06. The van der Waals surface area contributed by atoms with E-state index in [0.29, 0.717) is 17.8 Å². The van der Waals surface area contributed by atoms with E-state index in [0.717, 1.165) is 40.8 Å². The standard InChI is InChI=1S/C34H38N2O2/c1-23(2)25-20-21-34(3,26-6-14-30(15-7-26)38-32-18-10-28(36)11-19-32)33(22-25)24-4-12-29(13-5-24)37-31-16-8-27(35)9-17-31/h4-19,23,25,33H,20-22,35-36H2,1-3H3. The molecule has 3 atom stereocenters. The molecule has 0 radical (unpaired) electrons. The Balaban J connectivity index is 1.38. The van der Waals surface area contributed by atoms with Crippen molar-refractivity contribution in [3.63, 3.8) is 0 Å². The number of anilines is 2. The molecule has 1 aliphatic rings. The molecule has 0 bridgehead atoms. The summed E-state index contributed by atoms with van der Waals surface area (Å²) in [5.74, 6) is 5.04. The molecular formula is C34H38N2O2. The largest absolute Gasteiger partial charge is 0.457 e. The van der Waals surface area contributed by atoms with Gasteiger partial charge in [0.2, 0.25) is 0 Å². The van der Waals surface area contributed by atoms with Crippen molar-refractivity contribution in [3.05, 3.63) is 108 Å². The lowest BCUT2D eigenvalue weighted by Gasteiger charge is -2.46. The topological polar surface area (TPSA) is 70.5 Å². The van der Waals surface area contributed by atoms with Crippen LogP contribution in [0.1, 0.15) is 57.1 Å². The molecular weight excluding hydrogens is 468 g/mol. The van der Waals surface area contributed by atoms with Gasteiger partial charge in [-0.1, -0.05) is 45.0 Å². The molecule has 0 heterocycles. The second-order valence-corrected chi connectivity index (χ2v) is 11.2. The quantitative estimate of drug-likeness (QED) is 0.245. The Morgan fingerprint density at radius 2 is 1.08 bits per heavy atom. The van der Waals surface area contributed by atoms with Crippen LogP contribution in [0.25, 0.3) is 0 Å². The third-order valence-electron chi connectivity index (χ3n) is 8.31. The first kappa shape index (κ1) is 25.7. The van der Waals surface area contributed by atoms with Gasteiger partial charge in [0.15, 0.2) is 0 Å². The van der Waals surface area contributed by atoms with E-state index in [-0.39, 0.29) is 5.41 Å². The highest BCUT2D eigenvalue weighted by molar-refractivity contribution is 5.45. The third-order valence-corrected chi connectivity index (χ3v) is 8.31. The van der Waals surface area contributed by atoms with Gasteiger partial charge >= 0.3 is 0 Å². The monoisotopic (exact) mass is 506 g/mol. The average molecular weight is 507 g/mol. The lowest BCUT2D eigenvalue weighted by Crippen LogP contribution is -2.37. The summed E-state index contributed by atoms with van der Waals surface area (Å²) in [6.45, 7) is 7.15. The minimum Gasteiger partial charge on any atom is -0.457 e. The van der Waals surface area contributed by atoms with Gasteiger partial charge in [-0.2, -0.15) is 0 Å². The summed E-state index contributed by atoms with van der Waals surface area (Å²) in [6, 6.07) is 32.4. The zero-order chi connectivity index (χ0) is 26.7. The van der Waals surface area contributed by atoms with Crippen molar-refractivity contribution >= 4 is 11.4 Å². The SMILES string of the molecule is CC(C)C1CCC(C)(c2ccc(Oc3ccc(N)cc3)cc2)C(c2ccc(Oc3ccc(N)cc3)cc2)C1. The molecule has 4 nitrogen and oxygen atoms in total. The van der Waals surface area contributed by atoms with E-state index in [1.54, 1.807) is 0 Å². The summed E-state index contributed by atoms with van der Waals surface area (Å²) in [7, 11) is 0. The van der Waals surface area contributed by atoms with E-state index in [2.05, 4.69) is 69.3 Å². The molecule has 4 aromatic rings. The second kappa shape index (κ2) is 10.8. The normalized spacial score (nSPS) is 21.3. The Labute approximate surface area is 226 Å². The molecule has 5 rings (SSSR count). The summed E-state index contributed by atoms with van der Waals surface area (Å²) in [6.07, 6.45) is 3.57. The van der Waals surface area contributed by atoms with Crippen LogP contribution in [0.3, 0.4) is 0 Å². The smallest absolute Gasteiger partial charge is 0.127 e. The number of hydrogen-bond acceptors (Lipinski definition) is 4. The lowest BCUT2D eigenvalue weighted by molar-refractivity contribution is 0.172. The van der Waals surface area contributed by atoms with Crippen LogP contribution in [-0.2, 0) is 5.41 Å². The van der Waals surface area contributed by atoms with Crippen molar-refractivity contribution in [2.75, 3.05) is 11.5 Å². The molecule has 38 heavy (non-hydrogen) atoms. The summed E-state index contributed by atoms with van der Waals surface area (Å²) < 4.78 is 12.1. The molecule has 4 N–H and O–H groups in total. The Bertz CT molecular complexity index is 1330. The minimum atomic E-state index is 0.0322. The van der Waals surface area contributed by atoms with Gasteiger partial charge in [0.25, 0.3) is 0 Å². The highest BCUT2D eigenvalue weighted by Crippen LogP contribution is 2.52. The van der Waals surface area contributed by atoms with Gasteiger partial charge in [0, 0.05) is 11.4 Å². The van der Waals surface area contributed by atoms with Crippen LogP contribution in [0.4, 0.5) is 11.4 Å². The van der Waals surface area contributed by atoms with Crippen LogP contribution in [0, 0.1) is 11.8 Å². The van der Waals surface area contributed by atoms with Gasteiger partial charge in [-0.15, -0.1) is 0 Å². The van der Waals surface area contributed by atoms with Crippen molar-refractivity contribution in [1.82, 2.24) is 0 Å². The molecule has 1 saturated carbocycles. The van der Waals surface area contributed by atoms with E-state index in [1.165, 1.54) is 24.0 Å². The Kier molecular flexibility index (Phi) is 7.33. The molecule has 4 aromatic carbocycles. The van der Waals surface area contributed by atoms with Crippen molar-refractivity contribution in [3.8, 4) is 23.0 Å². The van der Waals surface area contributed by atoms with E-state index >= 15 is 0 Å². The molecule has 4 heteroatoms. The summed E-state index contributed by atoms with van der Waals surface area (Å²) in [5.41, 5.74) is 15.8. The Morgan fingerprint density at radius 1 is 0.658 bits per heavy atom. The summed E-state index contributed by atoms with van der Waals surface area (Å²) in [5, 5.41) is 0. The van der Waals surface area contributed by atoms with Gasteiger partial charge in [-0.3, -0.25) is 0 Å². The highest BCUT2D eigenvalue weighted by Gasteiger charge is 2.42. The fourth-order valence-corrected chi connectivity index (χ4v) is 5.81. The third kappa shape index (κ3) is 5.65. The van der Waals surface area contributed by atoms with Crippen molar-refractivity contribution < 1.29 is 9.47 Å².